The molecular formula is C11H21NO3. The van der Waals surface area contributed by atoms with Crippen LogP contribution in [-0.2, 0) is 9.53 Å². The second kappa shape index (κ2) is 6.80. The van der Waals surface area contributed by atoms with Crippen molar-refractivity contribution in [1.29, 1.82) is 0 Å². The molecule has 1 fully saturated rings. The minimum absolute atomic E-state index is 0.120. The first-order valence-electron chi connectivity index (χ1n) is 5.78. The van der Waals surface area contributed by atoms with Crippen LogP contribution in [0.15, 0.2) is 0 Å². The van der Waals surface area contributed by atoms with E-state index in [1.54, 1.807) is 0 Å². The lowest BCUT2D eigenvalue weighted by molar-refractivity contribution is -0.138. The number of ether oxygens (including phenoxy) is 1. The van der Waals surface area contributed by atoms with Crippen LogP contribution in [0.5, 0.6) is 0 Å². The maximum Gasteiger partial charge on any atom is 0.305 e. The molecule has 1 saturated heterocycles. The number of rotatable bonds is 6. The SMILES string of the molecule is CCCN1CCC(OCCC(=O)O)CC1. The van der Waals surface area contributed by atoms with E-state index in [-0.39, 0.29) is 12.5 Å². The third kappa shape index (κ3) is 5.14. The molecule has 0 spiro atoms. The van der Waals surface area contributed by atoms with Crippen molar-refractivity contribution in [1.82, 2.24) is 4.90 Å². The number of aliphatic carboxylic acids is 1. The summed E-state index contributed by atoms with van der Waals surface area (Å²) in [6.45, 7) is 5.89. The molecule has 0 aromatic heterocycles. The van der Waals surface area contributed by atoms with Gasteiger partial charge in [-0.1, -0.05) is 6.92 Å². The summed E-state index contributed by atoms with van der Waals surface area (Å²) in [6.07, 6.45) is 3.68. The van der Waals surface area contributed by atoms with Crippen LogP contribution in [-0.4, -0.2) is 48.3 Å². The summed E-state index contributed by atoms with van der Waals surface area (Å²) in [6, 6.07) is 0. The summed E-state index contributed by atoms with van der Waals surface area (Å²) in [5, 5.41) is 8.47. The quantitative estimate of drug-likeness (QED) is 0.726. The molecule has 0 unspecified atom stereocenters. The van der Waals surface area contributed by atoms with E-state index in [0.29, 0.717) is 6.61 Å². The van der Waals surface area contributed by atoms with E-state index in [9.17, 15) is 4.79 Å². The van der Waals surface area contributed by atoms with Crippen LogP contribution in [0.3, 0.4) is 0 Å². The van der Waals surface area contributed by atoms with E-state index in [0.717, 1.165) is 25.9 Å². The Morgan fingerprint density at radius 1 is 1.47 bits per heavy atom. The van der Waals surface area contributed by atoms with Gasteiger partial charge in [-0.15, -0.1) is 0 Å². The van der Waals surface area contributed by atoms with Crippen LogP contribution in [0, 0.1) is 0 Å². The molecule has 0 aliphatic carbocycles. The standard InChI is InChI=1S/C11H21NO3/c1-2-6-12-7-3-10(4-8-12)15-9-5-11(13)14/h10H,2-9H2,1H3,(H,13,14). The Kier molecular flexibility index (Phi) is 5.65. The molecule has 1 rings (SSSR count). The first-order valence-corrected chi connectivity index (χ1v) is 5.78. The molecule has 4 nitrogen and oxygen atoms in total. The number of carboxylic acid groups (broad SMARTS) is 1. The van der Waals surface area contributed by atoms with E-state index in [4.69, 9.17) is 9.84 Å². The van der Waals surface area contributed by atoms with Crippen molar-refractivity contribution in [3.05, 3.63) is 0 Å². The lowest BCUT2D eigenvalue weighted by atomic mass is 10.1. The van der Waals surface area contributed by atoms with Gasteiger partial charge in [-0.2, -0.15) is 0 Å². The zero-order chi connectivity index (χ0) is 11.1. The molecule has 0 aromatic carbocycles. The second-order valence-electron chi connectivity index (χ2n) is 4.06. The highest BCUT2D eigenvalue weighted by Crippen LogP contribution is 2.13. The van der Waals surface area contributed by atoms with Crippen LogP contribution < -0.4 is 0 Å². The molecule has 15 heavy (non-hydrogen) atoms. The predicted molar refractivity (Wildman–Crippen MR) is 58.0 cm³/mol. The zero-order valence-corrected chi connectivity index (χ0v) is 9.45. The summed E-state index contributed by atoms with van der Waals surface area (Å²) in [5.41, 5.74) is 0. The Labute approximate surface area is 91.2 Å². The minimum atomic E-state index is -0.779. The van der Waals surface area contributed by atoms with Gasteiger partial charge in [-0.25, -0.2) is 0 Å². The molecule has 0 bridgehead atoms. The number of carbonyl (C=O) groups is 1. The first kappa shape index (κ1) is 12.5. The van der Waals surface area contributed by atoms with Crippen molar-refractivity contribution in [3.8, 4) is 0 Å². The van der Waals surface area contributed by atoms with Gasteiger partial charge in [0.25, 0.3) is 0 Å². The van der Waals surface area contributed by atoms with Crippen molar-refractivity contribution < 1.29 is 14.6 Å². The lowest BCUT2D eigenvalue weighted by Gasteiger charge is -2.31. The Morgan fingerprint density at radius 3 is 2.67 bits per heavy atom. The monoisotopic (exact) mass is 215 g/mol. The summed E-state index contributed by atoms with van der Waals surface area (Å²) in [7, 11) is 0. The Morgan fingerprint density at radius 2 is 2.13 bits per heavy atom. The molecule has 1 aliphatic rings. The largest absolute Gasteiger partial charge is 0.481 e. The molecule has 0 radical (unpaired) electrons. The Hall–Kier alpha value is -0.610. The predicted octanol–water partition coefficient (Wildman–Crippen LogP) is 1.35. The molecule has 4 heteroatoms. The van der Waals surface area contributed by atoms with Crippen LogP contribution in [0.4, 0.5) is 0 Å². The van der Waals surface area contributed by atoms with Gasteiger partial charge < -0.3 is 14.7 Å². The number of nitrogens with zero attached hydrogens (tertiary/aromatic N) is 1. The fourth-order valence-electron chi connectivity index (χ4n) is 1.93. The van der Waals surface area contributed by atoms with Crippen molar-refractivity contribution in [2.24, 2.45) is 0 Å². The Balaban J connectivity index is 2.06. The molecule has 0 saturated carbocycles. The molecule has 1 heterocycles. The van der Waals surface area contributed by atoms with Crippen LogP contribution in [0.2, 0.25) is 0 Å². The molecular weight excluding hydrogens is 194 g/mol. The van der Waals surface area contributed by atoms with Gasteiger partial charge in [0.2, 0.25) is 0 Å². The maximum absolute atomic E-state index is 10.3. The van der Waals surface area contributed by atoms with E-state index in [1.807, 2.05) is 0 Å². The van der Waals surface area contributed by atoms with Crippen LogP contribution in [0.1, 0.15) is 32.6 Å². The average Bonchev–Trinajstić information content (AvgIpc) is 2.20. The van der Waals surface area contributed by atoms with Crippen molar-refractivity contribution in [2.75, 3.05) is 26.2 Å². The second-order valence-corrected chi connectivity index (χ2v) is 4.06. The molecule has 0 aromatic rings. The van der Waals surface area contributed by atoms with Crippen molar-refractivity contribution >= 4 is 5.97 Å². The van der Waals surface area contributed by atoms with Gasteiger partial charge in [-0.05, 0) is 25.8 Å². The number of hydrogen-bond acceptors (Lipinski definition) is 3. The van der Waals surface area contributed by atoms with Crippen LogP contribution in [0.25, 0.3) is 0 Å². The van der Waals surface area contributed by atoms with Gasteiger partial charge in [-0.3, -0.25) is 4.79 Å². The van der Waals surface area contributed by atoms with Crippen molar-refractivity contribution in [2.45, 2.75) is 38.7 Å². The van der Waals surface area contributed by atoms with Crippen LogP contribution >= 0.6 is 0 Å². The fourth-order valence-corrected chi connectivity index (χ4v) is 1.93. The normalized spacial score (nSPS) is 19.3. The van der Waals surface area contributed by atoms with E-state index >= 15 is 0 Å². The first-order chi connectivity index (χ1) is 7.22. The number of likely N-dealkylation sites (tertiary alicyclic amines) is 1. The molecule has 88 valence electrons. The summed E-state index contributed by atoms with van der Waals surface area (Å²) in [4.78, 5) is 12.7. The zero-order valence-electron chi connectivity index (χ0n) is 9.45. The topological polar surface area (TPSA) is 49.8 Å². The van der Waals surface area contributed by atoms with E-state index < -0.39 is 5.97 Å². The molecule has 1 aliphatic heterocycles. The maximum atomic E-state index is 10.3. The smallest absolute Gasteiger partial charge is 0.305 e. The van der Waals surface area contributed by atoms with E-state index in [1.165, 1.54) is 13.0 Å². The lowest BCUT2D eigenvalue weighted by Crippen LogP contribution is -2.37. The van der Waals surface area contributed by atoms with Gasteiger partial charge in [0.15, 0.2) is 0 Å². The van der Waals surface area contributed by atoms with Gasteiger partial charge in [0.1, 0.15) is 0 Å². The summed E-state index contributed by atoms with van der Waals surface area (Å²) >= 11 is 0. The van der Waals surface area contributed by atoms with E-state index in [2.05, 4.69) is 11.8 Å². The summed E-state index contributed by atoms with van der Waals surface area (Å²) < 4.78 is 5.51. The highest BCUT2D eigenvalue weighted by Gasteiger charge is 2.18. The number of hydrogen-bond donors (Lipinski definition) is 1. The molecule has 0 amide bonds. The molecule has 0 atom stereocenters. The minimum Gasteiger partial charge on any atom is -0.481 e. The van der Waals surface area contributed by atoms with Crippen molar-refractivity contribution in [3.63, 3.8) is 0 Å². The molecule has 1 N–H and O–H groups in total. The third-order valence-electron chi connectivity index (χ3n) is 2.74. The third-order valence-corrected chi connectivity index (χ3v) is 2.74. The fraction of sp³-hybridized carbons (Fsp3) is 0.909. The van der Waals surface area contributed by atoms with Gasteiger partial charge in [0.05, 0.1) is 19.1 Å². The number of carboxylic acids is 1. The highest BCUT2D eigenvalue weighted by atomic mass is 16.5. The van der Waals surface area contributed by atoms with Gasteiger partial charge in [0, 0.05) is 13.1 Å². The van der Waals surface area contributed by atoms with Gasteiger partial charge >= 0.3 is 5.97 Å². The average molecular weight is 215 g/mol. The summed E-state index contributed by atoms with van der Waals surface area (Å²) in [5.74, 6) is -0.779. The number of piperidine rings is 1. The Bertz CT molecular complexity index is 188. The highest BCUT2D eigenvalue weighted by molar-refractivity contribution is 5.66.